The van der Waals surface area contributed by atoms with Crippen LogP contribution >= 0.6 is 0 Å². The average molecular weight is 250 g/mol. The van der Waals surface area contributed by atoms with Crippen molar-refractivity contribution in [2.45, 2.75) is 26.0 Å². The fourth-order valence-corrected chi connectivity index (χ4v) is 1.97. The molecular weight excluding hydrogens is 232 g/mol. The molecule has 0 aliphatic rings. The highest BCUT2D eigenvalue weighted by molar-refractivity contribution is 5.32. The summed E-state index contributed by atoms with van der Waals surface area (Å²) in [7, 11) is 3.42. The van der Waals surface area contributed by atoms with Gasteiger partial charge in [-0.3, -0.25) is 4.68 Å². The van der Waals surface area contributed by atoms with Crippen LogP contribution in [-0.2, 0) is 13.6 Å². The predicted molar refractivity (Wildman–Crippen MR) is 66.3 cm³/mol. The van der Waals surface area contributed by atoms with Crippen LogP contribution in [0.4, 0.5) is 0 Å². The number of aryl methyl sites for hydroxylation is 2. The lowest BCUT2D eigenvalue weighted by atomic mass is 10.2. The topological polar surface area (TPSA) is 65.1 Å². The van der Waals surface area contributed by atoms with Crippen LogP contribution in [0.1, 0.15) is 30.8 Å². The number of imidazole rings is 1. The molecule has 18 heavy (non-hydrogen) atoms. The second kappa shape index (κ2) is 5.22. The van der Waals surface area contributed by atoms with Gasteiger partial charge in [-0.15, -0.1) is 0 Å². The Kier molecular flexibility index (Phi) is 3.66. The molecule has 0 saturated carbocycles. The van der Waals surface area contributed by atoms with E-state index in [1.807, 2.05) is 7.05 Å². The maximum Gasteiger partial charge on any atom is 0.163 e. The number of hydrogen-bond acceptors (Lipinski definition) is 4. The Balaban J connectivity index is 2.42. The van der Waals surface area contributed by atoms with E-state index in [0.29, 0.717) is 17.1 Å². The van der Waals surface area contributed by atoms with E-state index >= 15 is 0 Å². The lowest BCUT2D eigenvalue weighted by Crippen LogP contribution is -2.13. The Labute approximate surface area is 106 Å². The van der Waals surface area contributed by atoms with E-state index in [1.54, 1.807) is 35.1 Å². The Bertz CT molecular complexity index is 518. The fraction of sp³-hybridized carbons (Fsp3) is 0.500. The number of aromatic nitrogens is 4. The summed E-state index contributed by atoms with van der Waals surface area (Å²) in [6.45, 7) is 2.81. The van der Waals surface area contributed by atoms with Crippen molar-refractivity contribution in [1.82, 2.24) is 19.3 Å². The Morgan fingerprint density at radius 3 is 2.78 bits per heavy atom. The summed E-state index contributed by atoms with van der Waals surface area (Å²) in [5, 5.41) is 14.7. The molecule has 0 saturated heterocycles. The van der Waals surface area contributed by atoms with Gasteiger partial charge in [0.2, 0.25) is 0 Å². The number of hydrogen-bond donors (Lipinski definition) is 1. The van der Waals surface area contributed by atoms with Crippen LogP contribution in [0.5, 0.6) is 5.75 Å². The third kappa shape index (κ3) is 2.11. The Hall–Kier alpha value is -1.82. The summed E-state index contributed by atoms with van der Waals surface area (Å²) in [5.74, 6) is 0.595. The molecule has 2 rings (SSSR count). The van der Waals surface area contributed by atoms with Gasteiger partial charge in [0.25, 0.3) is 0 Å². The average Bonchev–Trinajstić information content (AvgIpc) is 2.95. The highest BCUT2D eigenvalue weighted by Gasteiger charge is 2.23. The minimum absolute atomic E-state index is 0.595. The minimum atomic E-state index is -0.790. The summed E-state index contributed by atoms with van der Waals surface area (Å²) < 4.78 is 8.82. The first-order chi connectivity index (χ1) is 8.69. The van der Waals surface area contributed by atoms with Crippen molar-refractivity contribution in [3.8, 4) is 5.75 Å². The van der Waals surface area contributed by atoms with E-state index in [4.69, 9.17) is 4.74 Å². The molecule has 6 heteroatoms. The van der Waals surface area contributed by atoms with Gasteiger partial charge >= 0.3 is 0 Å². The van der Waals surface area contributed by atoms with Crippen LogP contribution in [0.25, 0.3) is 0 Å². The van der Waals surface area contributed by atoms with Gasteiger partial charge in [0.15, 0.2) is 5.75 Å². The van der Waals surface area contributed by atoms with Crippen LogP contribution in [0, 0.1) is 0 Å². The van der Waals surface area contributed by atoms with Crippen LogP contribution in [0.3, 0.4) is 0 Å². The number of ether oxygens (including phenoxy) is 1. The summed E-state index contributed by atoms with van der Waals surface area (Å²) >= 11 is 0. The van der Waals surface area contributed by atoms with E-state index in [0.717, 1.165) is 13.0 Å². The summed E-state index contributed by atoms with van der Waals surface area (Å²) in [5.41, 5.74) is 1.38. The van der Waals surface area contributed by atoms with Crippen LogP contribution in [-0.4, -0.2) is 31.5 Å². The Morgan fingerprint density at radius 2 is 2.22 bits per heavy atom. The lowest BCUT2D eigenvalue weighted by molar-refractivity contribution is 0.194. The molecule has 0 aromatic carbocycles. The molecule has 98 valence electrons. The largest absolute Gasteiger partial charge is 0.493 e. The minimum Gasteiger partial charge on any atom is -0.493 e. The zero-order chi connectivity index (χ0) is 13.1. The molecule has 0 bridgehead atoms. The van der Waals surface area contributed by atoms with Crippen LogP contribution in [0.2, 0.25) is 0 Å². The molecule has 0 spiro atoms. The van der Waals surface area contributed by atoms with Crippen molar-refractivity contribution in [2.24, 2.45) is 7.05 Å². The fourth-order valence-electron chi connectivity index (χ4n) is 1.97. The molecular formula is C12H18N4O2. The maximum absolute atomic E-state index is 10.5. The molecule has 0 amide bonds. The predicted octanol–water partition coefficient (Wildman–Crippen LogP) is 1.12. The summed E-state index contributed by atoms with van der Waals surface area (Å²) in [4.78, 5) is 4.02. The zero-order valence-corrected chi connectivity index (χ0v) is 10.9. The van der Waals surface area contributed by atoms with Gasteiger partial charge in [-0.1, -0.05) is 6.92 Å². The highest BCUT2D eigenvalue weighted by atomic mass is 16.5. The van der Waals surface area contributed by atoms with Gasteiger partial charge in [-0.2, -0.15) is 5.10 Å². The normalized spacial score (nSPS) is 12.7. The van der Waals surface area contributed by atoms with Gasteiger partial charge in [0, 0.05) is 13.6 Å². The third-order valence-corrected chi connectivity index (χ3v) is 2.89. The van der Waals surface area contributed by atoms with Gasteiger partial charge in [-0.05, 0) is 6.42 Å². The van der Waals surface area contributed by atoms with E-state index in [9.17, 15) is 5.11 Å². The standard InChI is InChI=1S/C12H18N4O2/c1-4-5-16-11(10(18-3)7-14-16)12(17)9-6-13-8-15(9)2/h6-8,12,17H,4-5H2,1-3H3. The molecule has 1 atom stereocenters. The molecule has 2 heterocycles. The molecule has 0 radical (unpaired) electrons. The number of methoxy groups -OCH3 is 1. The molecule has 1 N–H and O–H groups in total. The van der Waals surface area contributed by atoms with Crippen molar-refractivity contribution < 1.29 is 9.84 Å². The SMILES string of the molecule is CCCn1ncc(OC)c1C(O)c1cncn1C. The maximum atomic E-state index is 10.5. The first kappa shape index (κ1) is 12.6. The molecule has 0 fully saturated rings. The highest BCUT2D eigenvalue weighted by Crippen LogP contribution is 2.29. The van der Waals surface area contributed by atoms with E-state index in [1.165, 1.54) is 0 Å². The van der Waals surface area contributed by atoms with Crippen LogP contribution < -0.4 is 4.74 Å². The van der Waals surface area contributed by atoms with E-state index in [2.05, 4.69) is 17.0 Å². The van der Waals surface area contributed by atoms with Crippen LogP contribution in [0.15, 0.2) is 18.7 Å². The number of aliphatic hydroxyl groups excluding tert-OH is 1. The quantitative estimate of drug-likeness (QED) is 0.863. The van der Waals surface area contributed by atoms with E-state index in [-0.39, 0.29) is 0 Å². The van der Waals surface area contributed by atoms with Gasteiger partial charge < -0.3 is 14.4 Å². The monoisotopic (exact) mass is 250 g/mol. The third-order valence-electron chi connectivity index (χ3n) is 2.89. The zero-order valence-electron chi connectivity index (χ0n) is 10.9. The number of aliphatic hydroxyl groups is 1. The molecule has 0 aliphatic carbocycles. The molecule has 6 nitrogen and oxygen atoms in total. The van der Waals surface area contributed by atoms with Gasteiger partial charge in [0.05, 0.1) is 31.5 Å². The lowest BCUT2D eigenvalue weighted by Gasteiger charge is -2.15. The molecule has 2 aromatic heterocycles. The second-order valence-corrected chi connectivity index (χ2v) is 4.15. The van der Waals surface area contributed by atoms with Gasteiger partial charge in [0.1, 0.15) is 11.8 Å². The molecule has 0 aliphatic heterocycles. The molecule has 2 aromatic rings. The van der Waals surface area contributed by atoms with Crippen molar-refractivity contribution in [3.63, 3.8) is 0 Å². The summed E-state index contributed by atoms with van der Waals surface area (Å²) in [6.07, 6.45) is 5.08. The first-order valence-corrected chi connectivity index (χ1v) is 5.93. The Morgan fingerprint density at radius 1 is 1.44 bits per heavy atom. The summed E-state index contributed by atoms with van der Waals surface area (Å²) in [6, 6.07) is 0. The second-order valence-electron chi connectivity index (χ2n) is 4.15. The molecule has 1 unspecified atom stereocenters. The first-order valence-electron chi connectivity index (χ1n) is 5.93. The van der Waals surface area contributed by atoms with Crippen molar-refractivity contribution in [1.29, 1.82) is 0 Å². The van der Waals surface area contributed by atoms with Gasteiger partial charge in [-0.25, -0.2) is 4.98 Å². The smallest absolute Gasteiger partial charge is 0.163 e. The number of nitrogens with zero attached hydrogens (tertiary/aromatic N) is 4. The van der Waals surface area contributed by atoms with Crippen molar-refractivity contribution in [2.75, 3.05) is 7.11 Å². The van der Waals surface area contributed by atoms with Crippen molar-refractivity contribution in [3.05, 3.63) is 30.1 Å². The number of rotatable bonds is 5. The van der Waals surface area contributed by atoms with E-state index < -0.39 is 6.10 Å². The van der Waals surface area contributed by atoms with Crippen molar-refractivity contribution >= 4 is 0 Å².